The van der Waals surface area contributed by atoms with E-state index in [0.29, 0.717) is 11.6 Å². The first-order valence-corrected chi connectivity index (χ1v) is 6.28. The van der Waals surface area contributed by atoms with Gasteiger partial charge in [0.15, 0.2) is 11.5 Å². The van der Waals surface area contributed by atoms with Crippen molar-refractivity contribution in [2.45, 2.75) is 6.92 Å². The second-order valence-corrected chi connectivity index (χ2v) is 4.42. The minimum Gasteiger partial charge on any atom is -0.305 e. The Hall–Kier alpha value is -3.09. The Bertz CT molecular complexity index is 751. The molecule has 0 aliphatic rings. The lowest BCUT2D eigenvalue weighted by Crippen LogP contribution is -2.15. The van der Waals surface area contributed by atoms with E-state index in [1.807, 2.05) is 13.0 Å². The first-order valence-electron chi connectivity index (χ1n) is 6.28. The predicted octanol–water partition coefficient (Wildman–Crippen LogP) is 1.62. The minimum absolute atomic E-state index is 0.224. The Kier molecular flexibility index (Phi) is 3.38. The summed E-state index contributed by atoms with van der Waals surface area (Å²) in [6.07, 6.45) is 6.64. The molecule has 7 nitrogen and oxygen atoms in total. The van der Waals surface area contributed by atoms with E-state index in [4.69, 9.17) is 0 Å². The molecule has 0 bridgehead atoms. The molecule has 0 fully saturated rings. The molecule has 7 heteroatoms. The van der Waals surface area contributed by atoms with Gasteiger partial charge in [-0.25, -0.2) is 9.97 Å². The van der Waals surface area contributed by atoms with Crippen molar-refractivity contribution in [3.05, 3.63) is 60.4 Å². The molecule has 0 atom stereocenters. The van der Waals surface area contributed by atoms with Crippen LogP contribution in [0.4, 0.5) is 5.82 Å². The van der Waals surface area contributed by atoms with Crippen molar-refractivity contribution in [3.8, 4) is 5.82 Å². The summed E-state index contributed by atoms with van der Waals surface area (Å²) in [5, 5.41) is 10.6. The molecule has 0 radical (unpaired) electrons. The monoisotopic (exact) mass is 280 g/mol. The van der Waals surface area contributed by atoms with E-state index >= 15 is 0 Å². The number of aryl methyl sites for hydroxylation is 1. The fourth-order valence-electron chi connectivity index (χ4n) is 1.76. The Balaban J connectivity index is 1.76. The van der Waals surface area contributed by atoms with Crippen LogP contribution >= 0.6 is 0 Å². The van der Waals surface area contributed by atoms with E-state index in [1.54, 1.807) is 47.7 Å². The SMILES string of the molecule is Cc1ccnc(NC(=O)c2ccc(-n3ccnc3)nn2)c1. The molecule has 3 heterocycles. The van der Waals surface area contributed by atoms with Crippen LogP contribution in [0.5, 0.6) is 0 Å². The molecule has 0 spiro atoms. The number of carbonyl (C=O) groups excluding carboxylic acids is 1. The highest BCUT2D eigenvalue weighted by atomic mass is 16.2. The van der Waals surface area contributed by atoms with Gasteiger partial charge in [0.1, 0.15) is 12.1 Å². The maximum atomic E-state index is 12.1. The Morgan fingerprint density at radius 3 is 2.76 bits per heavy atom. The van der Waals surface area contributed by atoms with Crippen LogP contribution in [0, 0.1) is 6.92 Å². The second kappa shape index (κ2) is 5.49. The van der Waals surface area contributed by atoms with Crippen molar-refractivity contribution in [1.29, 1.82) is 0 Å². The van der Waals surface area contributed by atoms with Crippen LogP contribution in [-0.4, -0.2) is 30.6 Å². The molecule has 0 aliphatic heterocycles. The Labute approximate surface area is 120 Å². The van der Waals surface area contributed by atoms with Crippen LogP contribution in [0.25, 0.3) is 5.82 Å². The average molecular weight is 280 g/mol. The number of amides is 1. The number of rotatable bonds is 3. The van der Waals surface area contributed by atoms with Gasteiger partial charge in [-0.15, -0.1) is 10.2 Å². The van der Waals surface area contributed by atoms with Crippen LogP contribution in [0.15, 0.2) is 49.2 Å². The fraction of sp³-hybridized carbons (Fsp3) is 0.0714. The summed E-state index contributed by atoms with van der Waals surface area (Å²) in [6.45, 7) is 1.93. The quantitative estimate of drug-likeness (QED) is 0.788. The smallest absolute Gasteiger partial charge is 0.277 e. The van der Waals surface area contributed by atoms with Gasteiger partial charge in [0.05, 0.1) is 0 Å². The molecular weight excluding hydrogens is 268 g/mol. The third kappa shape index (κ3) is 2.92. The number of anilines is 1. The van der Waals surface area contributed by atoms with Crippen LogP contribution in [-0.2, 0) is 0 Å². The van der Waals surface area contributed by atoms with Crippen molar-refractivity contribution in [2.75, 3.05) is 5.32 Å². The highest BCUT2D eigenvalue weighted by Crippen LogP contribution is 2.08. The number of imidazole rings is 1. The first-order chi connectivity index (χ1) is 10.2. The molecule has 3 rings (SSSR count). The maximum Gasteiger partial charge on any atom is 0.277 e. The number of carbonyl (C=O) groups is 1. The third-order valence-corrected chi connectivity index (χ3v) is 2.81. The van der Waals surface area contributed by atoms with Crippen LogP contribution in [0.3, 0.4) is 0 Å². The standard InChI is InChI=1S/C14H12N6O/c1-10-4-5-16-12(8-10)17-14(21)11-2-3-13(19-18-11)20-7-6-15-9-20/h2-9H,1H3,(H,16,17,21). The lowest BCUT2D eigenvalue weighted by Gasteiger charge is -2.05. The van der Waals surface area contributed by atoms with Gasteiger partial charge < -0.3 is 5.32 Å². The molecule has 0 saturated heterocycles. The zero-order valence-corrected chi connectivity index (χ0v) is 11.3. The fourth-order valence-corrected chi connectivity index (χ4v) is 1.76. The minimum atomic E-state index is -0.349. The molecule has 0 aromatic carbocycles. The Morgan fingerprint density at radius 1 is 1.19 bits per heavy atom. The van der Waals surface area contributed by atoms with Crippen LogP contribution < -0.4 is 5.32 Å². The summed E-state index contributed by atoms with van der Waals surface area (Å²) in [4.78, 5) is 20.0. The molecule has 0 saturated carbocycles. The van der Waals surface area contributed by atoms with Crippen LogP contribution in [0.1, 0.15) is 16.1 Å². The van der Waals surface area contributed by atoms with Gasteiger partial charge in [-0.2, -0.15) is 0 Å². The largest absolute Gasteiger partial charge is 0.305 e. The number of hydrogen-bond acceptors (Lipinski definition) is 5. The summed E-state index contributed by atoms with van der Waals surface area (Å²) in [5.41, 5.74) is 1.24. The van der Waals surface area contributed by atoms with Gasteiger partial charge in [0, 0.05) is 18.6 Å². The molecule has 0 unspecified atom stereocenters. The topological polar surface area (TPSA) is 85.6 Å². The van der Waals surface area contributed by atoms with E-state index < -0.39 is 0 Å². The molecule has 1 amide bonds. The van der Waals surface area contributed by atoms with E-state index in [2.05, 4.69) is 25.5 Å². The summed E-state index contributed by atoms with van der Waals surface area (Å²) in [5.74, 6) is 0.732. The number of nitrogens with one attached hydrogen (secondary N) is 1. The highest BCUT2D eigenvalue weighted by Gasteiger charge is 2.09. The predicted molar refractivity (Wildman–Crippen MR) is 76.1 cm³/mol. The molecule has 104 valence electrons. The van der Waals surface area contributed by atoms with Crippen molar-refractivity contribution >= 4 is 11.7 Å². The highest BCUT2D eigenvalue weighted by molar-refractivity contribution is 6.02. The normalized spacial score (nSPS) is 10.3. The lowest BCUT2D eigenvalue weighted by molar-refractivity contribution is 0.102. The number of nitrogens with zero attached hydrogens (tertiary/aromatic N) is 5. The molecule has 3 aromatic heterocycles. The zero-order chi connectivity index (χ0) is 14.7. The second-order valence-electron chi connectivity index (χ2n) is 4.42. The average Bonchev–Trinajstić information content (AvgIpc) is 3.01. The summed E-state index contributed by atoms with van der Waals surface area (Å²) < 4.78 is 1.71. The van der Waals surface area contributed by atoms with Crippen molar-refractivity contribution in [2.24, 2.45) is 0 Å². The third-order valence-electron chi connectivity index (χ3n) is 2.81. The van der Waals surface area contributed by atoms with Gasteiger partial charge in [-0.05, 0) is 36.8 Å². The molecule has 3 aromatic rings. The first kappa shape index (κ1) is 12.9. The number of hydrogen-bond donors (Lipinski definition) is 1. The van der Waals surface area contributed by atoms with Gasteiger partial charge >= 0.3 is 0 Å². The van der Waals surface area contributed by atoms with E-state index in [0.717, 1.165) is 5.56 Å². The van der Waals surface area contributed by atoms with Crippen molar-refractivity contribution in [1.82, 2.24) is 24.7 Å². The van der Waals surface area contributed by atoms with Gasteiger partial charge in [0.25, 0.3) is 5.91 Å². The van der Waals surface area contributed by atoms with Crippen LogP contribution in [0.2, 0.25) is 0 Å². The number of aromatic nitrogens is 5. The zero-order valence-electron chi connectivity index (χ0n) is 11.3. The molecular formula is C14H12N6O. The molecule has 1 N–H and O–H groups in total. The van der Waals surface area contributed by atoms with Gasteiger partial charge in [-0.3, -0.25) is 9.36 Å². The molecule has 21 heavy (non-hydrogen) atoms. The van der Waals surface area contributed by atoms with Gasteiger partial charge in [0.2, 0.25) is 0 Å². The van der Waals surface area contributed by atoms with Gasteiger partial charge in [-0.1, -0.05) is 0 Å². The van der Waals surface area contributed by atoms with E-state index in [-0.39, 0.29) is 11.6 Å². The summed E-state index contributed by atoms with van der Waals surface area (Å²) in [7, 11) is 0. The lowest BCUT2D eigenvalue weighted by atomic mass is 10.3. The molecule has 0 aliphatic carbocycles. The van der Waals surface area contributed by atoms with Crippen molar-refractivity contribution in [3.63, 3.8) is 0 Å². The maximum absolute atomic E-state index is 12.1. The van der Waals surface area contributed by atoms with E-state index in [9.17, 15) is 4.79 Å². The van der Waals surface area contributed by atoms with Crippen molar-refractivity contribution < 1.29 is 4.79 Å². The number of pyridine rings is 1. The summed E-state index contributed by atoms with van der Waals surface area (Å²) >= 11 is 0. The van der Waals surface area contributed by atoms with E-state index in [1.165, 1.54) is 0 Å². The summed E-state index contributed by atoms with van der Waals surface area (Å²) in [6, 6.07) is 6.95. The Morgan fingerprint density at radius 2 is 2.10 bits per heavy atom.